The highest BCUT2D eigenvalue weighted by molar-refractivity contribution is 5.62. The van der Waals surface area contributed by atoms with Gasteiger partial charge in [-0.1, -0.05) is 18.2 Å². The molecule has 2 rings (SSSR count). The second-order valence-electron chi connectivity index (χ2n) is 5.44. The SMILES string of the molecule is Cc1cccc(-c2nncn2C(C)(C)C)c1C. The summed E-state index contributed by atoms with van der Waals surface area (Å²) in [6.07, 6.45) is 1.80. The normalized spacial score (nSPS) is 11.8. The Kier molecular flexibility index (Phi) is 2.77. The molecule has 3 nitrogen and oxygen atoms in total. The molecule has 0 saturated heterocycles. The van der Waals surface area contributed by atoms with Gasteiger partial charge in [-0.15, -0.1) is 10.2 Å². The highest BCUT2D eigenvalue weighted by atomic mass is 15.3. The van der Waals surface area contributed by atoms with Crippen molar-refractivity contribution in [2.75, 3.05) is 0 Å². The molecule has 0 amide bonds. The van der Waals surface area contributed by atoms with E-state index >= 15 is 0 Å². The minimum Gasteiger partial charge on any atom is -0.308 e. The van der Waals surface area contributed by atoms with Crippen LogP contribution < -0.4 is 0 Å². The van der Waals surface area contributed by atoms with Gasteiger partial charge in [0.05, 0.1) is 0 Å². The van der Waals surface area contributed by atoms with E-state index in [0.717, 1.165) is 11.4 Å². The fourth-order valence-corrected chi connectivity index (χ4v) is 1.90. The zero-order valence-corrected chi connectivity index (χ0v) is 11.2. The van der Waals surface area contributed by atoms with E-state index in [1.54, 1.807) is 6.33 Å². The van der Waals surface area contributed by atoms with Crippen molar-refractivity contribution in [3.05, 3.63) is 35.7 Å². The lowest BCUT2D eigenvalue weighted by atomic mass is 10.0. The largest absolute Gasteiger partial charge is 0.308 e. The van der Waals surface area contributed by atoms with Crippen LogP contribution in [0.5, 0.6) is 0 Å². The maximum Gasteiger partial charge on any atom is 0.164 e. The molecule has 0 saturated carbocycles. The van der Waals surface area contributed by atoms with Gasteiger partial charge in [-0.2, -0.15) is 0 Å². The molecule has 1 aromatic carbocycles. The maximum absolute atomic E-state index is 4.27. The fraction of sp³-hybridized carbons (Fsp3) is 0.429. The quantitative estimate of drug-likeness (QED) is 0.751. The minimum absolute atomic E-state index is 0.00494. The first-order valence-electron chi connectivity index (χ1n) is 5.88. The summed E-state index contributed by atoms with van der Waals surface area (Å²) in [7, 11) is 0. The van der Waals surface area contributed by atoms with Crippen molar-refractivity contribution in [3.63, 3.8) is 0 Å². The number of rotatable bonds is 1. The highest BCUT2D eigenvalue weighted by Crippen LogP contribution is 2.27. The molecular formula is C14H19N3. The molecule has 3 heteroatoms. The predicted octanol–water partition coefficient (Wildman–Crippen LogP) is 3.32. The molecule has 0 atom stereocenters. The van der Waals surface area contributed by atoms with Crippen molar-refractivity contribution in [3.8, 4) is 11.4 Å². The van der Waals surface area contributed by atoms with Gasteiger partial charge in [0.1, 0.15) is 6.33 Å². The van der Waals surface area contributed by atoms with Gasteiger partial charge < -0.3 is 4.57 Å². The van der Waals surface area contributed by atoms with Crippen LogP contribution in [0.4, 0.5) is 0 Å². The van der Waals surface area contributed by atoms with Gasteiger partial charge in [-0.05, 0) is 45.7 Å². The van der Waals surface area contributed by atoms with Crippen molar-refractivity contribution in [1.82, 2.24) is 14.8 Å². The van der Waals surface area contributed by atoms with Crippen LogP contribution in [0.25, 0.3) is 11.4 Å². The van der Waals surface area contributed by atoms with Gasteiger partial charge in [0.2, 0.25) is 0 Å². The molecular weight excluding hydrogens is 210 g/mol. The van der Waals surface area contributed by atoms with Crippen LogP contribution in [-0.2, 0) is 5.54 Å². The van der Waals surface area contributed by atoms with Crippen molar-refractivity contribution < 1.29 is 0 Å². The van der Waals surface area contributed by atoms with Crippen molar-refractivity contribution in [2.24, 2.45) is 0 Å². The van der Waals surface area contributed by atoms with Crippen LogP contribution in [0.2, 0.25) is 0 Å². The van der Waals surface area contributed by atoms with E-state index in [9.17, 15) is 0 Å². The summed E-state index contributed by atoms with van der Waals surface area (Å²) in [5, 5.41) is 8.32. The molecule has 0 fully saturated rings. The second kappa shape index (κ2) is 3.99. The lowest BCUT2D eigenvalue weighted by Crippen LogP contribution is -2.22. The first-order chi connectivity index (χ1) is 7.91. The standard InChI is InChI=1S/C14H19N3/c1-10-7-6-8-12(11(10)2)13-16-15-9-17(13)14(3,4)5/h6-9H,1-5H3. The van der Waals surface area contributed by atoms with Gasteiger partial charge in [-0.25, -0.2) is 0 Å². The molecule has 2 aromatic rings. The molecule has 0 unspecified atom stereocenters. The van der Waals surface area contributed by atoms with Crippen molar-refractivity contribution in [1.29, 1.82) is 0 Å². The molecule has 1 aromatic heterocycles. The molecule has 90 valence electrons. The monoisotopic (exact) mass is 229 g/mol. The van der Waals surface area contributed by atoms with E-state index in [1.165, 1.54) is 11.1 Å². The van der Waals surface area contributed by atoms with E-state index in [0.29, 0.717) is 0 Å². The number of nitrogens with zero attached hydrogens (tertiary/aromatic N) is 3. The number of benzene rings is 1. The lowest BCUT2D eigenvalue weighted by Gasteiger charge is -2.23. The maximum atomic E-state index is 4.27. The first-order valence-corrected chi connectivity index (χ1v) is 5.88. The second-order valence-corrected chi connectivity index (χ2v) is 5.44. The number of aryl methyl sites for hydroxylation is 1. The Labute approximate surface area is 103 Å². The van der Waals surface area contributed by atoms with Crippen molar-refractivity contribution in [2.45, 2.75) is 40.2 Å². The average Bonchev–Trinajstić information content (AvgIpc) is 2.70. The van der Waals surface area contributed by atoms with E-state index in [2.05, 4.69) is 67.6 Å². The van der Waals surface area contributed by atoms with E-state index in [-0.39, 0.29) is 5.54 Å². The summed E-state index contributed by atoms with van der Waals surface area (Å²) < 4.78 is 2.12. The fourth-order valence-electron chi connectivity index (χ4n) is 1.90. The van der Waals surface area contributed by atoms with Crippen molar-refractivity contribution >= 4 is 0 Å². The van der Waals surface area contributed by atoms with Gasteiger partial charge >= 0.3 is 0 Å². The smallest absolute Gasteiger partial charge is 0.164 e. The third kappa shape index (κ3) is 2.09. The Hall–Kier alpha value is -1.64. The summed E-state index contributed by atoms with van der Waals surface area (Å²) in [5.41, 5.74) is 3.71. The third-order valence-electron chi connectivity index (χ3n) is 3.12. The summed E-state index contributed by atoms with van der Waals surface area (Å²) in [5.74, 6) is 0.943. The lowest BCUT2D eigenvalue weighted by molar-refractivity contribution is 0.399. The van der Waals surface area contributed by atoms with E-state index in [4.69, 9.17) is 0 Å². The van der Waals surface area contributed by atoms with Crippen LogP contribution >= 0.6 is 0 Å². The summed E-state index contributed by atoms with van der Waals surface area (Å²) in [6, 6.07) is 6.30. The van der Waals surface area contributed by atoms with Gasteiger partial charge in [-0.3, -0.25) is 0 Å². The van der Waals surface area contributed by atoms with Gasteiger partial charge in [0.15, 0.2) is 5.82 Å². The molecule has 0 N–H and O–H groups in total. The highest BCUT2D eigenvalue weighted by Gasteiger charge is 2.19. The summed E-state index contributed by atoms with van der Waals surface area (Å²) in [6.45, 7) is 10.7. The van der Waals surface area contributed by atoms with E-state index < -0.39 is 0 Å². The number of aromatic nitrogens is 3. The van der Waals surface area contributed by atoms with Crippen LogP contribution in [0, 0.1) is 13.8 Å². The molecule has 0 spiro atoms. The minimum atomic E-state index is -0.00494. The number of hydrogen-bond donors (Lipinski definition) is 0. The molecule has 0 aliphatic heterocycles. The zero-order chi connectivity index (χ0) is 12.6. The molecule has 0 aliphatic rings. The van der Waals surface area contributed by atoms with Crippen LogP contribution in [0.1, 0.15) is 31.9 Å². The molecule has 17 heavy (non-hydrogen) atoms. The Morgan fingerprint density at radius 1 is 1.12 bits per heavy atom. The Morgan fingerprint density at radius 3 is 2.47 bits per heavy atom. The van der Waals surface area contributed by atoms with Gasteiger partial charge in [0.25, 0.3) is 0 Å². The van der Waals surface area contributed by atoms with E-state index in [1.807, 2.05) is 0 Å². The Morgan fingerprint density at radius 2 is 1.82 bits per heavy atom. The number of hydrogen-bond acceptors (Lipinski definition) is 2. The zero-order valence-electron chi connectivity index (χ0n) is 11.2. The average molecular weight is 229 g/mol. The predicted molar refractivity (Wildman–Crippen MR) is 69.9 cm³/mol. The topological polar surface area (TPSA) is 30.7 Å². The summed E-state index contributed by atoms with van der Waals surface area (Å²) >= 11 is 0. The molecule has 0 bridgehead atoms. The summed E-state index contributed by atoms with van der Waals surface area (Å²) in [4.78, 5) is 0. The van der Waals surface area contributed by atoms with Crippen LogP contribution in [0.15, 0.2) is 24.5 Å². The first kappa shape index (κ1) is 11.8. The van der Waals surface area contributed by atoms with Crippen LogP contribution in [-0.4, -0.2) is 14.8 Å². The molecule has 1 heterocycles. The molecule has 0 radical (unpaired) electrons. The third-order valence-corrected chi connectivity index (χ3v) is 3.12. The molecule has 0 aliphatic carbocycles. The Balaban J connectivity index is 2.62. The Bertz CT molecular complexity index is 533. The van der Waals surface area contributed by atoms with Gasteiger partial charge in [0, 0.05) is 11.1 Å². The van der Waals surface area contributed by atoms with Crippen LogP contribution in [0.3, 0.4) is 0 Å².